The standard InChI is InChI=1S/C17H25NO4/c1-4-6-15(17(20)21)18-16(19)11-12(5-2)13-7-9-14(22-3)10-8-13/h7-10,12,15H,4-6,11H2,1-3H3,(H,18,19)(H,20,21). The van der Waals surface area contributed by atoms with Crippen LogP contribution in [0.5, 0.6) is 5.75 Å². The molecular weight excluding hydrogens is 282 g/mol. The van der Waals surface area contributed by atoms with Gasteiger partial charge in [0, 0.05) is 6.42 Å². The SMILES string of the molecule is CCCC(NC(=O)CC(CC)c1ccc(OC)cc1)C(=O)O. The molecule has 2 unspecified atom stereocenters. The van der Waals surface area contributed by atoms with Gasteiger partial charge in [0.1, 0.15) is 11.8 Å². The van der Waals surface area contributed by atoms with E-state index >= 15 is 0 Å². The highest BCUT2D eigenvalue weighted by Crippen LogP contribution is 2.25. The van der Waals surface area contributed by atoms with Crippen molar-refractivity contribution >= 4 is 11.9 Å². The molecule has 0 bridgehead atoms. The highest BCUT2D eigenvalue weighted by atomic mass is 16.5. The van der Waals surface area contributed by atoms with Crippen LogP contribution in [0.4, 0.5) is 0 Å². The van der Waals surface area contributed by atoms with Crippen molar-refractivity contribution in [3.05, 3.63) is 29.8 Å². The zero-order valence-electron chi connectivity index (χ0n) is 13.5. The predicted molar refractivity (Wildman–Crippen MR) is 85.1 cm³/mol. The lowest BCUT2D eigenvalue weighted by Crippen LogP contribution is -2.41. The van der Waals surface area contributed by atoms with E-state index in [1.54, 1.807) is 7.11 Å². The Morgan fingerprint density at radius 2 is 1.86 bits per heavy atom. The van der Waals surface area contributed by atoms with Gasteiger partial charge < -0.3 is 15.2 Å². The van der Waals surface area contributed by atoms with Crippen molar-refractivity contribution in [2.45, 2.75) is 51.5 Å². The maximum absolute atomic E-state index is 12.1. The number of carboxylic acid groups (broad SMARTS) is 1. The fourth-order valence-corrected chi connectivity index (χ4v) is 2.40. The van der Waals surface area contributed by atoms with Crippen molar-refractivity contribution in [3.63, 3.8) is 0 Å². The number of carboxylic acids is 1. The third-order valence-corrected chi connectivity index (χ3v) is 3.72. The van der Waals surface area contributed by atoms with Crippen molar-refractivity contribution < 1.29 is 19.4 Å². The number of methoxy groups -OCH3 is 1. The lowest BCUT2D eigenvalue weighted by molar-refractivity contribution is -0.142. The summed E-state index contributed by atoms with van der Waals surface area (Å²) in [7, 11) is 1.61. The molecule has 0 spiro atoms. The van der Waals surface area contributed by atoms with E-state index in [0.29, 0.717) is 12.8 Å². The van der Waals surface area contributed by atoms with Crippen molar-refractivity contribution in [2.75, 3.05) is 7.11 Å². The summed E-state index contributed by atoms with van der Waals surface area (Å²) in [5.41, 5.74) is 1.06. The average molecular weight is 307 g/mol. The Morgan fingerprint density at radius 3 is 2.32 bits per heavy atom. The van der Waals surface area contributed by atoms with Crippen LogP contribution in [0.15, 0.2) is 24.3 Å². The average Bonchev–Trinajstić information content (AvgIpc) is 2.52. The molecule has 22 heavy (non-hydrogen) atoms. The lowest BCUT2D eigenvalue weighted by Gasteiger charge is -2.18. The van der Waals surface area contributed by atoms with Crippen LogP contribution in [-0.2, 0) is 9.59 Å². The van der Waals surface area contributed by atoms with Gasteiger partial charge in [0.05, 0.1) is 7.11 Å². The zero-order valence-corrected chi connectivity index (χ0v) is 13.5. The second-order valence-electron chi connectivity index (χ2n) is 5.33. The summed E-state index contributed by atoms with van der Waals surface area (Å²) in [4.78, 5) is 23.2. The van der Waals surface area contributed by atoms with Gasteiger partial charge in [0.25, 0.3) is 0 Å². The number of nitrogens with one attached hydrogen (secondary N) is 1. The van der Waals surface area contributed by atoms with Gasteiger partial charge in [-0.2, -0.15) is 0 Å². The molecule has 0 radical (unpaired) electrons. The smallest absolute Gasteiger partial charge is 0.326 e. The summed E-state index contributed by atoms with van der Waals surface area (Å²) >= 11 is 0. The number of amides is 1. The normalized spacial score (nSPS) is 13.2. The van der Waals surface area contributed by atoms with Gasteiger partial charge in [0.2, 0.25) is 5.91 Å². The van der Waals surface area contributed by atoms with Crippen LogP contribution in [0, 0.1) is 0 Å². The van der Waals surface area contributed by atoms with Gasteiger partial charge in [0.15, 0.2) is 0 Å². The molecule has 0 aliphatic heterocycles. The van der Waals surface area contributed by atoms with E-state index in [9.17, 15) is 9.59 Å². The molecule has 2 N–H and O–H groups in total. The Morgan fingerprint density at radius 1 is 1.23 bits per heavy atom. The Balaban J connectivity index is 2.67. The zero-order chi connectivity index (χ0) is 16.5. The van der Waals surface area contributed by atoms with Crippen LogP contribution in [0.25, 0.3) is 0 Å². The van der Waals surface area contributed by atoms with E-state index in [1.807, 2.05) is 38.1 Å². The van der Waals surface area contributed by atoms with Crippen LogP contribution in [-0.4, -0.2) is 30.1 Å². The fourth-order valence-electron chi connectivity index (χ4n) is 2.40. The summed E-state index contributed by atoms with van der Waals surface area (Å²) in [5, 5.41) is 11.7. The summed E-state index contributed by atoms with van der Waals surface area (Å²) < 4.78 is 5.12. The molecule has 1 amide bonds. The molecule has 0 aliphatic rings. The predicted octanol–water partition coefficient (Wildman–Crippen LogP) is 2.95. The van der Waals surface area contributed by atoms with Crippen LogP contribution < -0.4 is 10.1 Å². The first-order valence-electron chi connectivity index (χ1n) is 7.67. The lowest BCUT2D eigenvalue weighted by atomic mass is 9.92. The van der Waals surface area contributed by atoms with Crippen molar-refractivity contribution in [2.24, 2.45) is 0 Å². The number of benzene rings is 1. The van der Waals surface area contributed by atoms with Gasteiger partial charge in [-0.3, -0.25) is 4.79 Å². The molecule has 2 atom stereocenters. The van der Waals surface area contributed by atoms with Gasteiger partial charge in [-0.1, -0.05) is 32.4 Å². The fraction of sp³-hybridized carbons (Fsp3) is 0.529. The first-order chi connectivity index (χ1) is 10.5. The Hall–Kier alpha value is -2.04. The summed E-state index contributed by atoms with van der Waals surface area (Å²) in [6.07, 6.45) is 2.26. The second-order valence-corrected chi connectivity index (χ2v) is 5.33. The van der Waals surface area contributed by atoms with Crippen LogP contribution in [0.1, 0.15) is 51.0 Å². The summed E-state index contributed by atoms with van der Waals surface area (Å²) in [6.45, 7) is 3.91. The number of carbonyl (C=O) groups is 2. The van der Waals surface area contributed by atoms with Crippen molar-refractivity contribution in [1.82, 2.24) is 5.32 Å². The van der Waals surface area contributed by atoms with Crippen molar-refractivity contribution in [1.29, 1.82) is 0 Å². The van der Waals surface area contributed by atoms with Crippen LogP contribution in [0.2, 0.25) is 0 Å². The maximum atomic E-state index is 12.1. The molecule has 0 heterocycles. The van der Waals surface area contributed by atoms with E-state index in [4.69, 9.17) is 9.84 Å². The number of ether oxygens (including phenoxy) is 1. The third-order valence-electron chi connectivity index (χ3n) is 3.72. The van der Waals surface area contributed by atoms with Gasteiger partial charge in [-0.15, -0.1) is 0 Å². The van der Waals surface area contributed by atoms with Gasteiger partial charge in [-0.05, 0) is 36.5 Å². The van der Waals surface area contributed by atoms with Gasteiger partial charge in [-0.25, -0.2) is 4.79 Å². The highest BCUT2D eigenvalue weighted by Gasteiger charge is 2.21. The van der Waals surface area contributed by atoms with Gasteiger partial charge >= 0.3 is 5.97 Å². The topological polar surface area (TPSA) is 75.6 Å². The maximum Gasteiger partial charge on any atom is 0.326 e. The molecular formula is C17H25NO4. The molecule has 0 saturated heterocycles. The monoisotopic (exact) mass is 307 g/mol. The number of rotatable bonds is 9. The minimum atomic E-state index is -0.979. The largest absolute Gasteiger partial charge is 0.497 e. The second kappa shape index (κ2) is 9.07. The van der Waals surface area contributed by atoms with E-state index in [0.717, 1.165) is 17.7 Å². The third kappa shape index (κ3) is 5.39. The molecule has 0 fully saturated rings. The Labute approximate surface area is 131 Å². The molecule has 1 aromatic carbocycles. The van der Waals surface area contributed by atoms with E-state index < -0.39 is 12.0 Å². The van der Waals surface area contributed by atoms with E-state index in [-0.39, 0.29) is 18.2 Å². The minimum Gasteiger partial charge on any atom is -0.497 e. The number of hydrogen-bond donors (Lipinski definition) is 2. The molecule has 1 rings (SSSR count). The molecule has 5 nitrogen and oxygen atoms in total. The molecule has 0 aromatic heterocycles. The molecule has 1 aromatic rings. The molecule has 0 saturated carbocycles. The first kappa shape index (κ1) is 18.0. The first-order valence-corrected chi connectivity index (χ1v) is 7.67. The van der Waals surface area contributed by atoms with Crippen LogP contribution in [0.3, 0.4) is 0 Å². The number of carbonyl (C=O) groups excluding carboxylic acids is 1. The molecule has 122 valence electrons. The molecule has 5 heteroatoms. The number of aliphatic carboxylic acids is 1. The Kier molecular flexibility index (Phi) is 7.43. The molecule has 0 aliphatic carbocycles. The Bertz CT molecular complexity index is 484. The van der Waals surface area contributed by atoms with E-state index in [1.165, 1.54) is 0 Å². The quantitative estimate of drug-likeness (QED) is 0.735. The van der Waals surface area contributed by atoms with E-state index in [2.05, 4.69) is 5.32 Å². The number of hydrogen-bond acceptors (Lipinski definition) is 3. The minimum absolute atomic E-state index is 0.0713. The summed E-state index contributed by atoms with van der Waals surface area (Å²) in [6, 6.07) is 6.83. The van der Waals surface area contributed by atoms with Crippen molar-refractivity contribution in [3.8, 4) is 5.75 Å². The van der Waals surface area contributed by atoms with Crippen LogP contribution >= 0.6 is 0 Å². The highest BCUT2D eigenvalue weighted by molar-refractivity contribution is 5.83. The summed E-state index contributed by atoms with van der Waals surface area (Å²) in [5.74, 6) is -0.352.